The van der Waals surface area contributed by atoms with Crippen LogP contribution in [0.1, 0.15) is 24.8 Å². The van der Waals surface area contributed by atoms with Gasteiger partial charge in [0.1, 0.15) is 10.6 Å². The van der Waals surface area contributed by atoms with Crippen molar-refractivity contribution in [2.24, 2.45) is 0 Å². The second-order valence-corrected chi connectivity index (χ2v) is 6.45. The summed E-state index contributed by atoms with van der Waals surface area (Å²) in [7, 11) is -1.92. The van der Waals surface area contributed by atoms with E-state index < -0.39 is 10.0 Å². The van der Waals surface area contributed by atoms with E-state index >= 15 is 0 Å². The lowest BCUT2D eigenvalue weighted by Crippen LogP contribution is -2.36. The fourth-order valence-corrected chi connectivity index (χ4v) is 4.23. The Morgan fingerprint density at radius 2 is 1.83 bits per heavy atom. The minimum Gasteiger partial charge on any atom is -0.495 e. The van der Waals surface area contributed by atoms with Crippen LogP contribution in [0.25, 0.3) is 0 Å². The molecular weight excluding hydrogens is 250 g/mol. The molecular formula is C13H19NO3S. The molecule has 0 amide bonds. The smallest absolute Gasteiger partial charge is 0.247 e. The van der Waals surface area contributed by atoms with Crippen molar-refractivity contribution in [3.05, 3.63) is 23.8 Å². The van der Waals surface area contributed by atoms with Gasteiger partial charge in [-0.25, -0.2) is 8.42 Å². The molecule has 0 spiro atoms. The monoisotopic (exact) mass is 269 g/mol. The van der Waals surface area contributed by atoms with Crippen molar-refractivity contribution in [3.8, 4) is 5.75 Å². The zero-order valence-corrected chi connectivity index (χ0v) is 11.7. The third-order valence-corrected chi connectivity index (χ3v) is 5.39. The van der Waals surface area contributed by atoms with E-state index in [0.717, 1.165) is 24.8 Å². The number of sulfonamides is 1. The van der Waals surface area contributed by atoms with Crippen molar-refractivity contribution in [1.29, 1.82) is 0 Å². The molecule has 0 unspecified atom stereocenters. The van der Waals surface area contributed by atoms with E-state index in [0.29, 0.717) is 23.7 Å². The average molecular weight is 269 g/mol. The van der Waals surface area contributed by atoms with Gasteiger partial charge >= 0.3 is 0 Å². The summed E-state index contributed by atoms with van der Waals surface area (Å²) in [5.74, 6) is 0.431. The summed E-state index contributed by atoms with van der Waals surface area (Å²) in [6, 6.07) is 5.31. The number of methoxy groups -OCH3 is 1. The molecule has 1 heterocycles. The molecule has 0 aromatic heterocycles. The number of hydrogen-bond acceptors (Lipinski definition) is 3. The topological polar surface area (TPSA) is 46.6 Å². The zero-order chi connectivity index (χ0) is 13.2. The number of ether oxygens (including phenoxy) is 1. The maximum absolute atomic E-state index is 12.6. The quantitative estimate of drug-likeness (QED) is 0.845. The van der Waals surface area contributed by atoms with Gasteiger partial charge in [0, 0.05) is 13.1 Å². The Morgan fingerprint density at radius 1 is 1.17 bits per heavy atom. The van der Waals surface area contributed by atoms with Crippen LogP contribution in [0.3, 0.4) is 0 Å². The molecule has 0 bridgehead atoms. The van der Waals surface area contributed by atoms with Gasteiger partial charge in [-0.1, -0.05) is 18.6 Å². The van der Waals surface area contributed by atoms with E-state index in [1.165, 1.54) is 7.11 Å². The lowest BCUT2D eigenvalue weighted by atomic mass is 10.2. The van der Waals surface area contributed by atoms with Gasteiger partial charge < -0.3 is 4.74 Å². The van der Waals surface area contributed by atoms with Gasteiger partial charge in [-0.2, -0.15) is 4.31 Å². The van der Waals surface area contributed by atoms with E-state index in [1.54, 1.807) is 23.4 Å². The third kappa shape index (κ3) is 2.37. The highest BCUT2D eigenvalue weighted by molar-refractivity contribution is 7.89. The van der Waals surface area contributed by atoms with Crippen LogP contribution in [0.4, 0.5) is 0 Å². The summed E-state index contributed by atoms with van der Waals surface area (Å²) in [6.07, 6.45) is 2.98. The first-order valence-electron chi connectivity index (χ1n) is 6.21. The lowest BCUT2D eigenvalue weighted by Gasteiger charge is -2.27. The number of benzene rings is 1. The van der Waals surface area contributed by atoms with E-state index in [4.69, 9.17) is 4.74 Å². The zero-order valence-electron chi connectivity index (χ0n) is 10.8. The molecule has 1 fully saturated rings. The largest absolute Gasteiger partial charge is 0.495 e. The molecule has 18 heavy (non-hydrogen) atoms. The van der Waals surface area contributed by atoms with Crippen LogP contribution in [0.15, 0.2) is 23.1 Å². The standard InChI is InChI=1S/C13H19NO3S/c1-11-7-6-8-12(17-2)13(11)18(15,16)14-9-4-3-5-10-14/h6-8H,3-5,9-10H2,1-2H3. The van der Waals surface area contributed by atoms with Crippen LogP contribution < -0.4 is 4.74 Å². The summed E-state index contributed by atoms with van der Waals surface area (Å²) in [6.45, 7) is 3.03. The Kier molecular flexibility index (Phi) is 3.92. The first-order chi connectivity index (χ1) is 8.57. The van der Waals surface area contributed by atoms with Crippen molar-refractivity contribution in [2.75, 3.05) is 20.2 Å². The summed E-state index contributed by atoms with van der Waals surface area (Å²) < 4.78 is 32.0. The number of nitrogens with zero attached hydrogens (tertiary/aromatic N) is 1. The van der Waals surface area contributed by atoms with Gasteiger partial charge in [-0.05, 0) is 31.4 Å². The van der Waals surface area contributed by atoms with Crippen molar-refractivity contribution in [3.63, 3.8) is 0 Å². The Labute approximate surface area is 109 Å². The van der Waals surface area contributed by atoms with Crippen LogP contribution in [0.2, 0.25) is 0 Å². The molecule has 2 rings (SSSR count). The normalized spacial score (nSPS) is 17.7. The third-order valence-electron chi connectivity index (χ3n) is 3.31. The number of hydrogen-bond donors (Lipinski definition) is 0. The maximum Gasteiger partial charge on any atom is 0.247 e. The molecule has 1 aliphatic rings. The Bertz CT molecular complexity index is 519. The van der Waals surface area contributed by atoms with Crippen molar-refractivity contribution in [2.45, 2.75) is 31.1 Å². The van der Waals surface area contributed by atoms with E-state index in [2.05, 4.69) is 0 Å². The highest BCUT2D eigenvalue weighted by Gasteiger charge is 2.30. The van der Waals surface area contributed by atoms with Crippen LogP contribution in [-0.4, -0.2) is 32.9 Å². The molecule has 0 saturated carbocycles. The Hall–Kier alpha value is -1.07. The fraction of sp³-hybridized carbons (Fsp3) is 0.538. The van der Waals surface area contributed by atoms with Crippen LogP contribution in [-0.2, 0) is 10.0 Å². The average Bonchev–Trinajstić information content (AvgIpc) is 2.39. The van der Waals surface area contributed by atoms with Gasteiger partial charge in [0.25, 0.3) is 0 Å². The highest BCUT2D eigenvalue weighted by Crippen LogP contribution is 2.31. The molecule has 0 atom stereocenters. The van der Waals surface area contributed by atoms with Gasteiger partial charge in [0.2, 0.25) is 10.0 Å². The molecule has 5 heteroatoms. The minimum atomic E-state index is -3.43. The summed E-state index contributed by atoms with van der Waals surface area (Å²) in [5, 5.41) is 0. The second-order valence-electron chi connectivity index (χ2n) is 4.57. The molecule has 1 aromatic rings. The molecule has 1 aromatic carbocycles. The lowest BCUT2D eigenvalue weighted by molar-refractivity contribution is 0.342. The first-order valence-corrected chi connectivity index (χ1v) is 7.65. The van der Waals surface area contributed by atoms with Gasteiger partial charge in [0.05, 0.1) is 7.11 Å². The summed E-state index contributed by atoms with van der Waals surface area (Å²) >= 11 is 0. The Balaban J connectivity index is 2.46. The van der Waals surface area contributed by atoms with Gasteiger partial charge in [-0.15, -0.1) is 0 Å². The minimum absolute atomic E-state index is 0.314. The predicted octanol–water partition coefficient (Wildman–Crippen LogP) is 2.18. The van der Waals surface area contributed by atoms with Crippen LogP contribution in [0.5, 0.6) is 5.75 Å². The Morgan fingerprint density at radius 3 is 2.44 bits per heavy atom. The van der Waals surface area contributed by atoms with E-state index in [9.17, 15) is 8.42 Å². The number of rotatable bonds is 3. The number of piperidine rings is 1. The van der Waals surface area contributed by atoms with Crippen molar-refractivity contribution in [1.82, 2.24) is 4.31 Å². The molecule has 0 N–H and O–H groups in total. The molecule has 1 saturated heterocycles. The second kappa shape index (κ2) is 5.28. The molecule has 0 aliphatic carbocycles. The highest BCUT2D eigenvalue weighted by atomic mass is 32.2. The number of aryl methyl sites for hydroxylation is 1. The van der Waals surface area contributed by atoms with Crippen LogP contribution >= 0.6 is 0 Å². The molecule has 0 radical (unpaired) electrons. The van der Waals surface area contributed by atoms with Gasteiger partial charge in [-0.3, -0.25) is 0 Å². The van der Waals surface area contributed by atoms with E-state index in [1.807, 2.05) is 6.07 Å². The first kappa shape index (κ1) is 13.4. The SMILES string of the molecule is COc1cccc(C)c1S(=O)(=O)N1CCCCC1. The van der Waals surface area contributed by atoms with E-state index in [-0.39, 0.29) is 0 Å². The van der Waals surface area contributed by atoms with Crippen molar-refractivity contribution >= 4 is 10.0 Å². The molecule has 100 valence electrons. The molecule has 1 aliphatic heterocycles. The fourth-order valence-electron chi connectivity index (χ4n) is 2.35. The van der Waals surface area contributed by atoms with Crippen molar-refractivity contribution < 1.29 is 13.2 Å². The molecule has 4 nitrogen and oxygen atoms in total. The summed E-state index contributed by atoms with van der Waals surface area (Å²) in [5.41, 5.74) is 0.736. The maximum atomic E-state index is 12.6. The predicted molar refractivity (Wildman–Crippen MR) is 70.3 cm³/mol. The summed E-state index contributed by atoms with van der Waals surface area (Å²) in [4.78, 5) is 0.314. The van der Waals surface area contributed by atoms with Gasteiger partial charge in [0.15, 0.2) is 0 Å². The van der Waals surface area contributed by atoms with Crippen LogP contribution in [0, 0.1) is 6.92 Å².